The van der Waals surface area contributed by atoms with Gasteiger partial charge in [-0.3, -0.25) is 4.79 Å². The lowest BCUT2D eigenvalue weighted by atomic mass is 9.96. The Morgan fingerprint density at radius 2 is 1.68 bits per heavy atom. The molecule has 0 saturated carbocycles. The molecule has 172 valence electrons. The van der Waals surface area contributed by atoms with Crippen LogP contribution in [0.4, 0.5) is 11.5 Å². The van der Waals surface area contributed by atoms with Crippen LogP contribution in [0.15, 0.2) is 47.5 Å². The van der Waals surface area contributed by atoms with Crippen LogP contribution >= 0.6 is 11.8 Å². The van der Waals surface area contributed by atoms with E-state index in [1.165, 1.54) is 11.8 Å². The van der Waals surface area contributed by atoms with Crippen molar-refractivity contribution >= 4 is 29.2 Å². The second-order valence-corrected chi connectivity index (χ2v) is 9.27. The summed E-state index contributed by atoms with van der Waals surface area (Å²) in [5.41, 5.74) is 11.7. The Morgan fingerprint density at radius 1 is 1.06 bits per heavy atom. The molecular weight excluding hydrogens is 442 g/mol. The molecule has 0 bridgehead atoms. The number of carbonyl (C=O) groups excluding carboxylic acids is 1. The fourth-order valence-electron chi connectivity index (χ4n) is 3.81. The Kier molecular flexibility index (Phi) is 7.94. The quantitative estimate of drug-likeness (QED) is 0.425. The van der Waals surface area contributed by atoms with E-state index in [-0.39, 0.29) is 22.9 Å². The number of thioether (sulfide) groups is 1. The summed E-state index contributed by atoms with van der Waals surface area (Å²) in [6.07, 6.45) is 1.40. The third-order valence-corrected chi connectivity index (χ3v) is 6.82. The number of nitriles is 2. The summed E-state index contributed by atoms with van der Waals surface area (Å²) in [7, 11) is 0. The number of anilines is 2. The third-order valence-electron chi connectivity index (χ3n) is 5.47. The molecule has 0 aliphatic heterocycles. The number of aryl methyl sites for hydroxylation is 3. The van der Waals surface area contributed by atoms with Crippen LogP contribution in [0.3, 0.4) is 0 Å². The summed E-state index contributed by atoms with van der Waals surface area (Å²) in [5, 5.41) is 22.6. The Balaban J connectivity index is 2.01. The first-order valence-electron chi connectivity index (χ1n) is 11.1. The normalized spacial score (nSPS) is 11.4. The predicted octanol–water partition coefficient (Wildman–Crippen LogP) is 5.76. The van der Waals surface area contributed by atoms with Crippen LogP contribution in [0.25, 0.3) is 11.1 Å². The number of benzene rings is 2. The summed E-state index contributed by atoms with van der Waals surface area (Å²) in [4.78, 5) is 17.4. The van der Waals surface area contributed by atoms with Gasteiger partial charge in [0.15, 0.2) is 0 Å². The Bertz CT molecular complexity index is 1280. The first-order chi connectivity index (χ1) is 16.3. The molecule has 0 spiro atoms. The van der Waals surface area contributed by atoms with Crippen molar-refractivity contribution in [2.24, 2.45) is 0 Å². The zero-order valence-electron chi connectivity index (χ0n) is 19.8. The highest BCUT2D eigenvalue weighted by atomic mass is 32.2. The lowest BCUT2D eigenvalue weighted by Gasteiger charge is -2.18. The summed E-state index contributed by atoms with van der Waals surface area (Å²) >= 11 is 1.19. The van der Waals surface area contributed by atoms with E-state index in [0.29, 0.717) is 22.6 Å². The average molecular weight is 470 g/mol. The molecule has 2 aromatic carbocycles. The maximum Gasteiger partial charge on any atom is 0.237 e. The number of pyridine rings is 1. The lowest BCUT2D eigenvalue weighted by Crippen LogP contribution is -2.25. The molecular formula is C27H27N5OS. The molecule has 1 heterocycles. The number of carbonyl (C=O) groups is 1. The third kappa shape index (κ3) is 5.39. The van der Waals surface area contributed by atoms with Gasteiger partial charge in [0.25, 0.3) is 0 Å². The van der Waals surface area contributed by atoms with Gasteiger partial charge in [-0.1, -0.05) is 55.9 Å². The van der Waals surface area contributed by atoms with Crippen LogP contribution in [0.1, 0.15) is 48.1 Å². The van der Waals surface area contributed by atoms with Gasteiger partial charge in [-0.05, 0) is 61.1 Å². The van der Waals surface area contributed by atoms with Crippen LogP contribution in [0, 0.1) is 36.5 Å². The van der Waals surface area contributed by atoms with Gasteiger partial charge in [0, 0.05) is 11.3 Å². The number of nitrogens with two attached hydrogens (primary N) is 1. The number of hydrogen-bond acceptors (Lipinski definition) is 6. The van der Waals surface area contributed by atoms with E-state index in [1.54, 1.807) is 0 Å². The second kappa shape index (κ2) is 10.9. The zero-order valence-corrected chi connectivity index (χ0v) is 20.6. The van der Waals surface area contributed by atoms with Gasteiger partial charge in [0.1, 0.15) is 28.5 Å². The van der Waals surface area contributed by atoms with E-state index < -0.39 is 5.25 Å². The van der Waals surface area contributed by atoms with Gasteiger partial charge < -0.3 is 11.1 Å². The van der Waals surface area contributed by atoms with Crippen LogP contribution in [-0.4, -0.2) is 16.1 Å². The van der Waals surface area contributed by atoms with E-state index in [4.69, 9.17) is 5.73 Å². The minimum absolute atomic E-state index is 0.0446. The fraction of sp³-hybridized carbons (Fsp3) is 0.259. The van der Waals surface area contributed by atoms with Crippen LogP contribution < -0.4 is 11.1 Å². The number of nitrogen functional groups attached to an aromatic ring is 1. The Morgan fingerprint density at radius 3 is 2.21 bits per heavy atom. The molecule has 6 nitrogen and oxygen atoms in total. The molecule has 0 aliphatic rings. The maximum absolute atomic E-state index is 13.1. The molecule has 0 saturated heterocycles. The van der Waals surface area contributed by atoms with Gasteiger partial charge in [-0.25, -0.2) is 4.98 Å². The number of nitrogens with zero attached hydrogens (tertiary/aromatic N) is 3. The number of aromatic nitrogens is 1. The van der Waals surface area contributed by atoms with Crippen LogP contribution in [0.5, 0.6) is 0 Å². The minimum atomic E-state index is -0.497. The molecule has 0 radical (unpaired) electrons. The molecule has 1 unspecified atom stereocenters. The Labute approximate surface area is 204 Å². The molecule has 7 heteroatoms. The van der Waals surface area contributed by atoms with Crippen molar-refractivity contribution in [2.45, 2.75) is 50.8 Å². The molecule has 3 N–H and O–H groups in total. The largest absolute Gasteiger partial charge is 0.383 e. The minimum Gasteiger partial charge on any atom is -0.383 e. The molecule has 1 atom stereocenters. The van der Waals surface area contributed by atoms with Gasteiger partial charge in [0.05, 0.1) is 10.8 Å². The standard InChI is InChI=1S/C27H27N5OS/c1-5-18-7-9-19(10-8-18)24-21(14-28)25(30)32-27(22(24)15-29)34-23(6-2)26(33)31-20-12-16(3)11-17(4)13-20/h7-13,23H,5-6H2,1-4H3,(H2,30,32)(H,31,33). The summed E-state index contributed by atoms with van der Waals surface area (Å²) in [6.45, 7) is 7.92. The number of rotatable bonds is 7. The summed E-state index contributed by atoms with van der Waals surface area (Å²) in [6, 6.07) is 17.9. The van der Waals surface area contributed by atoms with Gasteiger partial charge >= 0.3 is 0 Å². The van der Waals surface area contributed by atoms with Crippen molar-refractivity contribution in [3.05, 3.63) is 70.3 Å². The zero-order chi connectivity index (χ0) is 24.8. The first kappa shape index (κ1) is 24.8. The molecule has 0 fully saturated rings. The highest BCUT2D eigenvalue weighted by Crippen LogP contribution is 2.37. The number of nitrogens with one attached hydrogen (secondary N) is 1. The summed E-state index contributed by atoms with van der Waals surface area (Å²) < 4.78 is 0. The molecule has 3 rings (SSSR count). The first-order valence-corrected chi connectivity index (χ1v) is 12.0. The fourth-order valence-corrected chi connectivity index (χ4v) is 4.82. The smallest absolute Gasteiger partial charge is 0.237 e. The predicted molar refractivity (Wildman–Crippen MR) is 137 cm³/mol. The average Bonchev–Trinajstić information content (AvgIpc) is 2.81. The maximum atomic E-state index is 13.1. The van der Waals surface area contributed by atoms with E-state index >= 15 is 0 Å². The van der Waals surface area contributed by atoms with Gasteiger partial charge in [-0.15, -0.1) is 0 Å². The van der Waals surface area contributed by atoms with E-state index in [9.17, 15) is 15.3 Å². The molecule has 3 aromatic rings. The molecule has 34 heavy (non-hydrogen) atoms. The van der Waals surface area contributed by atoms with Gasteiger partial charge in [-0.2, -0.15) is 10.5 Å². The van der Waals surface area contributed by atoms with Crippen molar-refractivity contribution in [3.8, 4) is 23.3 Å². The number of amides is 1. The lowest BCUT2D eigenvalue weighted by molar-refractivity contribution is -0.115. The van der Waals surface area contributed by atoms with E-state index in [1.807, 2.05) is 63.2 Å². The van der Waals surface area contributed by atoms with Crippen LogP contribution in [-0.2, 0) is 11.2 Å². The van der Waals surface area contributed by atoms with Crippen molar-refractivity contribution in [3.63, 3.8) is 0 Å². The SMILES string of the molecule is CCc1ccc(-c2c(C#N)c(N)nc(SC(CC)C(=O)Nc3cc(C)cc(C)c3)c2C#N)cc1. The van der Waals surface area contributed by atoms with Crippen molar-refractivity contribution in [1.82, 2.24) is 4.98 Å². The monoisotopic (exact) mass is 469 g/mol. The van der Waals surface area contributed by atoms with Crippen molar-refractivity contribution < 1.29 is 4.79 Å². The Hall–Kier alpha value is -3.81. The molecule has 0 aliphatic carbocycles. The number of hydrogen-bond donors (Lipinski definition) is 2. The molecule has 1 aromatic heterocycles. The highest BCUT2D eigenvalue weighted by Gasteiger charge is 2.25. The van der Waals surface area contributed by atoms with Crippen molar-refractivity contribution in [2.75, 3.05) is 11.1 Å². The van der Waals surface area contributed by atoms with Gasteiger partial charge in [0.2, 0.25) is 5.91 Å². The molecule has 1 amide bonds. The van der Waals surface area contributed by atoms with Crippen molar-refractivity contribution in [1.29, 1.82) is 10.5 Å². The van der Waals surface area contributed by atoms with E-state index in [0.717, 1.165) is 28.8 Å². The summed E-state index contributed by atoms with van der Waals surface area (Å²) in [5.74, 6) is -0.136. The second-order valence-electron chi connectivity index (χ2n) is 8.08. The topological polar surface area (TPSA) is 116 Å². The van der Waals surface area contributed by atoms with Crippen LogP contribution in [0.2, 0.25) is 0 Å². The van der Waals surface area contributed by atoms with E-state index in [2.05, 4.69) is 29.4 Å². The highest BCUT2D eigenvalue weighted by molar-refractivity contribution is 8.00.